The Hall–Kier alpha value is -2.33. The highest BCUT2D eigenvalue weighted by Gasteiger charge is 2.22. The van der Waals surface area contributed by atoms with Gasteiger partial charge in [0.05, 0.1) is 7.11 Å². The summed E-state index contributed by atoms with van der Waals surface area (Å²) in [6, 6.07) is 16.9. The van der Waals surface area contributed by atoms with Crippen molar-refractivity contribution in [2.24, 2.45) is 5.73 Å². The predicted octanol–water partition coefficient (Wildman–Crippen LogP) is 2.35. The number of nitrogens with zero attached hydrogens (tertiary/aromatic N) is 1. The van der Waals surface area contributed by atoms with E-state index in [1.807, 2.05) is 66.5 Å². The molecule has 0 aliphatic heterocycles. The van der Waals surface area contributed by atoms with Crippen molar-refractivity contribution in [3.05, 3.63) is 65.7 Å². The molecule has 4 nitrogen and oxygen atoms in total. The smallest absolute Gasteiger partial charge is 0.239 e. The van der Waals surface area contributed by atoms with E-state index < -0.39 is 6.04 Å². The molecular weight excluding hydrogens is 264 g/mol. The Bertz CT molecular complexity index is 581. The van der Waals surface area contributed by atoms with Gasteiger partial charge in [0.1, 0.15) is 11.8 Å². The molecule has 0 saturated heterocycles. The molecule has 110 valence electrons. The number of benzene rings is 2. The van der Waals surface area contributed by atoms with Gasteiger partial charge < -0.3 is 10.5 Å². The molecule has 2 N–H and O–H groups in total. The summed E-state index contributed by atoms with van der Waals surface area (Å²) >= 11 is 0. The summed E-state index contributed by atoms with van der Waals surface area (Å²) in [6.45, 7) is 0.631. The van der Waals surface area contributed by atoms with Crippen LogP contribution < -0.4 is 10.5 Å². The number of likely N-dealkylation sites (N-methyl/N-ethyl adjacent to an activating group) is 1. The Balaban J connectivity index is 2.15. The maximum atomic E-state index is 11.8. The second kappa shape index (κ2) is 6.90. The van der Waals surface area contributed by atoms with Crippen LogP contribution in [0.1, 0.15) is 17.2 Å². The molecule has 2 aromatic carbocycles. The van der Waals surface area contributed by atoms with Crippen molar-refractivity contribution in [1.29, 1.82) is 0 Å². The van der Waals surface area contributed by atoms with Crippen LogP contribution in [0.2, 0.25) is 0 Å². The summed E-state index contributed by atoms with van der Waals surface area (Å²) in [5.74, 6) is 0.466. The van der Waals surface area contributed by atoms with Crippen molar-refractivity contribution in [2.75, 3.05) is 14.2 Å². The third-order valence-corrected chi connectivity index (χ3v) is 3.42. The summed E-state index contributed by atoms with van der Waals surface area (Å²) in [4.78, 5) is 13.7. The van der Waals surface area contributed by atoms with Gasteiger partial charge in [0.2, 0.25) is 5.91 Å². The van der Waals surface area contributed by atoms with Crippen molar-refractivity contribution in [1.82, 2.24) is 4.90 Å². The van der Waals surface area contributed by atoms with Gasteiger partial charge in [-0.05, 0) is 30.3 Å². The molecule has 0 aromatic heterocycles. The van der Waals surface area contributed by atoms with Crippen LogP contribution in [0.25, 0.3) is 0 Å². The molecule has 4 heteroatoms. The van der Waals surface area contributed by atoms with Crippen molar-refractivity contribution >= 4 is 5.91 Å². The van der Waals surface area contributed by atoms with Crippen LogP contribution in [-0.2, 0) is 11.3 Å². The normalized spacial score (nSPS) is 12.1. The average Bonchev–Trinajstić information content (AvgIpc) is 2.49. The lowest BCUT2D eigenvalue weighted by Crippen LogP contribution is -2.34. The van der Waals surface area contributed by atoms with Crippen LogP contribution in [0.5, 0.6) is 5.75 Å². The van der Waals surface area contributed by atoms with E-state index in [1.54, 1.807) is 7.11 Å². The fourth-order valence-electron chi connectivity index (χ4n) is 2.38. The minimum Gasteiger partial charge on any atom is -0.497 e. The molecule has 0 radical (unpaired) electrons. The van der Waals surface area contributed by atoms with Gasteiger partial charge in [0.15, 0.2) is 0 Å². The number of methoxy groups -OCH3 is 1. The van der Waals surface area contributed by atoms with Gasteiger partial charge in [-0.3, -0.25) is 9.69 Å². The summed E-state index contributed by atoms with van der Waals surface area (Å²) in [5, 5.41) is 0. The molecule has 0 bridgehead atoms. The number of carbonyl (C=O) groups is 1. The van der Waals surface area contributed by atoms with Gasteiger partial charge in [-0.1, -0.05) is 42.5 Å². The SMILES string of the molecule is COc1ccc(CN(C)[C@@H](C(N)=O)c2ccccc2)cc1. The van der Waals surface area contributed by atoms with E-state index >= 15 is 0 Å². The van der Waals surface area contributed by atoms with E-state index in [0.29, 0.717) is 6.54 Å². The molecule has 0 unspecified atom stereocenters. The first-order valence-corrected chi connectivity index (χ1v) is 6.79. The third-order valence-electron chi connectivity index (χ3n) is 3.42. The largest absolute Gasteiger partial charge is 0.497 e. The number of carbonyl (C=O) groups excluding carboxylic acids is 1. The molecule has 2 rings (SSSR count). The van der Waals surface area contributed by atoms with E-state index in [-0.39, 0.29) is 5.91 Å². The first-order chi connectivity index (χ1) is 10.1. The fourth-order valence-corrected chi connectivity index (χ4v) is 2.38. The van der Waals surface area contributed by atoms with Crippen LogP contribution in [-0.4, -0.2) is 25.0 Å². The summed E-state index contributed by atoms with van der Waals surface area (Å²) < 4.78 is 5.14. The second-order valence-corrected chi connectivity index (χ2v) is 4.98. The third kappa shape index (κ3) is 3.83. The maximum Gasteiger partial charge on any atom is 0.239 e. The quantitative estimate of drug-likeness (QED) is 0.886. The lowest BCUT2D eigenvalue weighted by molar-refractivity contribution is -0.123. The van der Waals surface area contributed by atoms with Gasteiger partial charge in [-0.2, -0.15) is 0 Å². The Morgan fingerprint density at radius 2 is 1.76 bits per heavy atom. The Kier molecular flexibility index (Phi) is 4.95. The molecule has 0 aliphatic carbocycles. The monoisotopic (exact) mass is 284 g/mol. The first kappa shape index (κ1) is 15.1. The Labute approximate surface area is 125 Å². The Morgan fingerprint density at radius 3 is 2.29 bits per heavy atom. The molecule has 0 spiro atoms. The van der Waals surface area contributed by atoms with Crippen molar-refractivity contribution in [3.63, 3.8) is 0 Å². The molecule has 0 saturated carbocycles. The van der Waals surface area contributed by atoms with E-state index in [2.05, 4.69) is 0 Å². The van der Waals surface area contributed by atoms with Crippen LogP contribution in [0, 0.1) is 0 Å². The molecule has 0 aliphatic rings. The summed E-state index contributed by atoms with van der Waals surface area (Å²) in [5.41, 5.74) is 7.57. The summed E-state index contributed by atoms with van der Waals surface area (Å²) in [7, 11) is 3.53. The number of rotatable bonds is 6. The van der Waals surface area contributed by atoms with E-state index in [4.69, 9.17) is 10.5 Å². The number of hydrogen-bond acceptors (Lipinski definition) is 3. The second-order valence-electron chi connectivity index (χ2n) is 4.98. The number of amides is 1. The fraction of sp³-hybridized carbons (Fsp3) is 0.235. The highest BCUT2D eigenvalue weighted by Crippen LogP contribution is 2.21. The van der Waals surface area contributed by atoms with Crippen molar-refractivity contribution < 1.29 is 9.53 Å². The van der Waals surface area contributed by atoms with Gasteiger partial charge in [0.25, 0.3) is 0 Å². The van der Waals surface area contributed by atoms with Crippen LogP contribution in [0.3, 0.4) is 0 Å². The standard InChI is InChI=1S/C17H20N2O2/c1-19(12-13-8-10-15(21-2)11-9-13)16(17(18)20)14-6-4-3-5-7-14/h3-11,16H,12H2,1-2H3,(H2,18,20)/t16-/m1/s1. The van der Waals surface area contributed by atoms with Crippen LogP contribution in [0.15, 0.2) is 54.6 Å². The zero-order valence-electron chi connectivity index (χ0n) is 12.3. The first-order valence-electron chi connectivity index (χ1n) is 6.79. The lowest BCUT2D eigenvalue weighted by Gasteiger charge is -2.26. The molecule has 1 atom stereocenters. The average molecular weight is 284 g/mol. The zero-order chi connectivity index (χ0) is 15.2. The van der Waals surface area contributed by atoms with Gasteiger partial charge in [0, 0.05) is 6.54 Å². The molecule has 2 aromatic rings. The molecule has 0 fully saturated rings. The highest BCUT2D eigenvalue weighted by molar-refractivity contribution is 5.81. The van der Waals surface area contributed by atoms with Gasteiger partial charge in [-0.25, -0.2) is 0 Å². The molecule has 1 amide bonds. The molecule has 21 heavy (non-hydrogen) atoms. The van der Waals surface area contributed by atoms with Crippen molar-refractivity contribution in [2.45, 2.75) is 12.6 Å². The maximum absolute atomic E-state index is 11.8. The van der Waals surface area contributed by atoms with E-state index in [0.717, 1.165) is 16.9 Å². The Morgan fingerprint density at radius 1 is 1.14 bits per heavy atom. The topological polar surface area (TPSA) is 55.6 Å². The predicted molar refractivity (Wildman–Crippen MR) is 82.8 cm³/mol. The van der Waals surface area contributed by atoms with Crippen molar-refractivity contribution in [3.8, 4) is 5.75 Å². The minimum absolute atomic E-state index is 0.350. The van der Waals surface area contributed by atoms with E-state index in [9.17, 15) is 4.79 Å². The number of primary amides is 1. The number of nitrogens with two attached hydrogens (primary N) is 1. The molecular formula is C17H20N2O2. The zero-order valence-corrected chi connectivity index (χ0v) is 12.3. The number of hydrogen-bond donors (Lipinski definition) is 1. The minimum atomic E-state index is -0.437. The van der Waals surface area contributed by atoms with Gasteiger partial charge >= 0.3 is 0 Å². The van der Waals surface area contributed by atoms with E-state index in [1.165, 1.54) is 0 Å². The lowest BCUT2D eigenvalue weighted by atomic mass is 10.0. The van der Waals surface area contributed by atoms with Crippen LogP contribution >= 0.6 is 0 Å². The number of ether oxygens (including phenoxy) is 1. The van der Waals surface area contributed by atoms with Gasteiger partial charge in [-0.15, -0.1) is 0 Å². The molecule has 0 heterocycles. The summed E-state index contributed by atoms with van der Waals surface area (Å²) in [6.07, 6.45) is 0. The van der Waals surface area contributed by atoms with Crippen LogP contribution in [0.4, 0.5) is 0 Å². The highest BCUT2D eigenvalue weighted by atomic mass is 16.5.